The zero-order valence-corrected chi connectivity index (χ0v) is 17.6. The number of rotatable bonds is 5. The lowest BCUT2D eigenvalue weighted by Gasteiger charge is -2.09. The summed E-state index contributed by atoms with van der Waals surface area (Å²) in [6, 6.07) is 0. The van der Waals surface area contributed by atoms with E-state index in [9.17, 15) is 0 Å². The standard InChI is InChI=1S/C14H19N7S2.HI/c1-9(2)12-20-19-11(23-12)7-17-13(15-3)16-6-10-8-21-4-5-22-14(21)18-10;/h4-5,8-9H,6-7H2,1-3H3,(H2,15,16,17);1H. The molecule has 2 N–H and O–H groups in total. The summed E-state index contributed by atoms with van der Waals surface area (Å²) in [5.74, 6) is 1.14. The minimum Gasteiger partial charge on any atom is -0.351 e. The van der Waals surface area contributed by atoms with Crippen LogP contribution in [-0.4, -0.2) is 32.6 Å². The Morgan fingerprint density at radius 2 is 2.08 bits per heavy atom. The van der Waals surface area contributed by atoms with Gasteiger partial charge in [0.2, 0.25) is 0 Å². The van der Waals surface area contributed by atoms with E-state index >= 15 is 0 Å². The lowest BCUT2D eigenvalue weighted by atomic mass is 10.2. The third-order valence-corrected chi connectivity index (χ3v) is 5.18. The molecule has 0 saturated carbocycles. The first-order valence-electron chi connectivity index (χ1n) is 7.33. The first-order valence-corrected chi connectivity index (χ1v) is 9.03. The monoisotopic (exact) mass is 477 g/mol. The molecule has 3 heterocycles. The van der Waals surface area contributed by atoms with Crippen LogP contribution in [-0.2, 0) is 13.1 Å². The lowest BCUT2D eigenvalue weighted by Crippen LogP contribution is -2.36. The number of thiazole rings is 1. The van der Waals surface area contributed by atoms with Gasteiger partial charge in [-0.2, -0.15) is 0 Å². The van der Waals surface area contributed by atoms with E-state index in [1.54, 1.807) is 29.7 Å². The maximum absolute atomic E-state index is 4.54. The molecule has 10 heteroatoms. The average Bonchev–Trinajstić information content (AvgIpc) is 3.22. The molecule has 0 aliphatic heterocycles. The summed E-state index contributed by atoms with van der Waals surface area (Å²) in [4.78, 5) is 9.76. The first kappa shape index (κ1) is 19.1. The smallest absolute Gasteiger partial charge is 0.193 e. The van der Waals surface area contributed by atoms with Gasteiger partial charge in [0.1, 0.15) is 10.0 Å². The van der Waals surface area contributed by atoms with Crippen LogP contribution in [0.1, 0.15) is 35.5 Å². The van der Waals surface area contributed by atoms with Crippen molar-refractivity contribution >= 4 is 57.6 Å². The van der Waals surface area contributed by atoms with Gasteiger partial charge in [-0.1, -0.05) is 25.2 Å². The van der Waals surface area contributed by atoms with Gasteiger partial charge in [0, 0.05) is 30.7 Å². The number of halogens is 1. The Labute approximate surface area is 165 Å². The number of nitrogens with one attached hydrogen (secondary N) is 2. The molecule has 0 aromatic carbocycles. The van der Waals surface area contributed by atoms with Crippen LogP contribution in [0, 0.1) is 0 Å². The van der Waals surface area contributed by atoms with Crippen LogP contribution >= 0.6 is 46.7 Å². The molecule has 0 amide bonds. The van der Waals surface area contributed by atoms with Crippen molar-refractivity contribution in [1.82, 2.24) is 30.2 Å². The van der Waals surface area contributed by atoms with Gasteiger partial charge in [-0.15, -0.1) is 45.5 Å². The van der Waals surface area contributed by atoms with Gasteiger partial charge in [-0.05, 0) is 0 Å². The second kappa shape index (κ2) is 8.72. The van der Waals surface area contributed by atoms with Gasteiger partial charge in [0.05, 0.1) is 18.8 Å². The lowest BCUT2D eigenvalue weighted by molar-refractivity contribution is 0.778. The van der Waals surface area contributed by atoms with E-state index in [1.807, 2.05) is 22.2 Å². The molecule has 0 unspecified atom stereocenters. The largest absolute Gasteiger partial charge is 0.351 e. The Bertz CT molecular complexity index is 776. The van der Waals surface area contributed by atoms with Crippen molar-refractivity contribution in [2.24, 2.45) is 4.99 Å². The van der Waals surface area contributed by atoms with Crippen molar-refractivity contribution < 1.29 is 0 Å². The minimum absolute atomic E-state index is 0. The highest BCUT2D eigenvalue weighted by Gasteiger charge is 2.08. The fourth-order valence-electron chi connectivity index (χ4n) is 1.99. The number of imidazole rings is 1. The second-order valence-electron chi connectivity index (χ2n) is 5.29. The highest BCUT2D eigenvalue weighted by atomic mass is 127. The van der Waals surface area contributed by atoms with Crippen LogP contribution in [0.4, 0.5) is 0 Å². The molecule has 0 aliphatic rings. The number of hydrogen-bond acceptors (Lipinski definition) is 6. The SMILES string of the molecule is CN=C(NCc1cn2ccsc2n1)NCc1nnc(C(C)C)s1.I. The zero-order chi connectivity index (χ0) is 16.2. The van der Waals surface area contributed by atoms with Crippen molar-refractivity contribution in [2.45, 2.75) is 32.9 Å². The Hall–Kier alpha value is -1.27. The molecule has 3 aromatic rings. The van der Waals surface area contributed by atoms with Gasteiger partial charge in [-0.3, -0.25) is 9.39 Å². The maximum Gasteiger partial charge on any atom is 0.193 e. The van der Waals surface area contributed by atoms with Crippen molar-refractivity contribution in [3.05, 3.63) is 33.5 Å². The quantitative estimate of drug-likeness (QED) is 0.336. The van der Waals surface area contributed by atoms with E-state index in [-0.39, 0.29) is 24.0 Å². The summed E-state index contributed by atoms with van der Waals surface area (Å²) < 4.78 is 2.02. The highest BCUT2D eigenvalue weighted by molar-refractivity contribution is 14.0. The van der Waals surface area contributed by atoms with Crippen LogP contribution < -0.4 is 10.6 Å². The summed E-state index contributed by atoms with van der Waals surface area (Å²) in [5, 5.41) is 18.9. The molecule has 0 atom stereocenters. The number of aromatic nitrogens is 4. The van der Waals surface area contributed by atoms with E-state index in [1.165, 1.54) is 0 Å². The van der Waals surface area contributed by atoms with E-state index in [0.717, 1.165) is 26.6 Å². The average molecular weight is 477 g/mol. The Balaban J connectivity index is 0.00000208. The molecule has 24 heavy (non-hydrogen) atoms. The van der Waals surface area contributed by atoms with Crippen LogP contribution in [0.25, 0.3) is 4.96 Å². The topological polar surface area (TPSA) is 79.5 Å². The Morgan fingerprint density at radius 3 is 2.75 bits per heavy atom. The first-order chi connectivity index (χ1) is 11.2. The molecule has 0 aliphatic carbocycles. The van der Waals surface area contributed by atoms with Crippen LogP contribution in [0.15, 0.2) is 22.8 Å². The zero-order valence-electron chi connectivity index (χ0n) is 13.7. The molecule has 0 bridgehead atoms. The van der Waals surface area contributed by atoms with E-state index in [2.05, 4.69) is 44.7 Å². The van der Waals surface area contributed by atoms with Gasteiger partial charge in [-0.25, -0.2) is 4.98 Å². The van der Waals surface area contributed by atoms with E-state index < -0.39 is 0 Å². The molecule has 3 rings (SSSR count). The molecule has 130 valence electrons. The van der Waals surface area contributed by atoms with Crippen molar-refractivity contribution in [3.63, 3.8) is 0 Å². The molecule has 7 nitrogen and oxygen atoms in total. The predicted molar refractivity (Wildman–Crippen MR) is 110 cm³/mol. The summed E-state index contributed by atoms with van der Waals surface area (Å²) in [6.07, 6.45) is 4.02. The van der Waals surface area contributed by atoms with Crippen molar-refractivity contribution in [2.75, 3.05) is 7.05 Å². The fraction of sp³-hybridized carbons (Fsp3) is 0.429. The normalized spacial score (nSPS) is 11.8. The third kappa shape index (κ3) is 4.63. The minimum atomic E-state index is 0. The van der Waals surface area contributed by atoms with Gasteiger partial charge < -0.3 is 10.6 Å². The Kier molecular flexibility index (Phi) is 6.92. The number of hydrogen-bond donors (Lipinski definition) is 2. The third-order valence-electron chi connectivity index (χ3n) is 3.19. The van der Waals surface area contributed by atoms with Crippen molar-refractivity contribution in [1.29, 1.82) is 0 Å². The van der Waals surface area contributed by atoms with Gasteiger partial charge in [0.25, 0.3) is 0 Å². The molecule has 0 saturated heterocycles. The Morgan fingerprint density at radius 1 is 1.29 bits per heavy atom. The second-order valence-corrected chi connectivity index (χ2v) is 7.26. The summed E-state index contributed by atoms with van der Waals surface area (Å²) >= 11 is 3.25. The predicted octanol–water partition coefficient (Wildman–Crippen LogP) is 2.85. The number of aliphatic imine (C=N–C) groups is 1. The number of guanidine groups is 1. The van der Waals surface area contributed by atoms with E-state index in [0.29, 0.717) is 19.0 Å². The number of nitrogens with zero attached hydrogens (tertiary/aromatic N) is 5. The van der Waals surface area contributed by atoms with E-state index in [4.69, 9.17) is 0 Å². The summed E-state index contributed by atoms with van der Waals surface area (Å²) in [6.45, 7) is 5.48. The molecule has 0 fully saturated rings. The van der Waals surface area contributed by atoms with Gasteiger partial charge in [0.15, 0.2) is 10.9 Å². The van der Waals surface area contributed by atoms with Crippen LogP contribution in [0.5, 0.6) is 0 Å². The molecule has 0 radical (unpaired) electrons. The highest BCUT2D eigenvalue weighted by Crippen LogP contribution is 2.18. The maximum atomic E-state index is 4.54. The fourth-order valence-corrected chi connectivity index (χ4v) is 3.49. The summed E-state index contributed by atoms with van der Waals surface area (Å²) in [7, 11) is 1.75. The number of fused-ring (bicyclic) bond motifs is 1. The van der Waals surface area contributed by atoms with Gasteiger partial charge >= 0.3 is 0 Å². The summed E-state index contributed by atoms with van der Waals surface area (Å²) in [5.41, 5.74) is 0.984. The molecular weight excluding hydrogens is 457 g/mol. The van der Waals surface area contributed by atoms with Crippen LogP contribution in [0.3, 0.4) is 0 Å². The van der Waals surface area contributed by atoms with Crippen molar-refractivity contribution in [3.8, 4) is 0 Å². The molecule has 3 aromatic heterocycles. The molecule has 0 spiro atoms. The molecular formula is C14H20IN7S2. The van der Waals surface area contributed by atoms with Crippen LogP contribution in [0.2, 0.25) is 0 Å².